The van der Waals surface area contributed by atoms with E-state index in [9.17, 15) is 14.7 Å². The third-order valence-corrected chi connectivity index (χ3v) is 5.55. The van der Waals surface area contributed by atoms with Crippen molar-refractivity contribution in [2.24, 2.45) is 5.92 Å². The minimum Gasteiger partial charge on any atom is -0.396 e. The summed E-state index contributed by atoms with van der Waals surface area (Å²) in [5.74, 6) is 1.03. The van der Waals surface area contributed by atoms with Gasteiger partial charge in [0, 0.05) is 35.9 Å². The van der Waals surface area contributed by atoms with Crippen LogP contribution in [0.4, 0.5) is 0 Å². The predicted molar refractivity (Wildman–Crippen MR) is 109 cm³/mol. The van der Waals surface area contributed by atoms with Gasteiger partial charge in [0.1, 0.15) is 12.4 Å². The molecular formula is C22H29N3O3. The second kappa shape index (κ2) is 9.15. The predicted octanol–water partition coefficient (Wildman–Crippen LogP) is 2.45. The standard InChI is InChI=1S/C22H29N3O3/c1-15-8-10-18(11-9-15)24-20(27)14-25-21(17-6-4-3-5-7-17)23-16(2)19(12-13-26)22(25)28/h3-7,15,18,26H,8-14H2,1-2H3,(H,24,27). The Morgan fingerprint density at radius 2 is 1.89 bits per heavy atom. The second-order valence-corrected chi connectivity index (χ2v) is 7.75. The Hall–Kier alpha value is -2.47. The zero-order valence-electron chi connectivity index (χ0n) is 16.6. The van der Waals surface area contributed by atoms with Gasteiger partial charge in [-0.15, -0.1) is 0 Å². The molecule has 6 nitrogen and oxygen atoms in total. The van der Waals surface area contributed by atoms with Crippen LogP contribution in [0.15, 0.2) is 35.1 Å². The monoisotopic (exact) mass is 383 g/mol. The molecule has 0 aliphatic heterocycles. The summed E-state index contributed by atoms with van der Waals surface area (Å²) in [6.45, 7) is 3.81. The highest BCUT2D eigenvalue weighted by atomic mass is 16.3. The van der Waals surface area contributed by atoms with E-state index in [1.807, 2.05) is 30.3 Å². The second-order valence-electron chi connectivity index (χ2n) is 7.75. The number of hydrogen-bond donors (Lipinski definition) is 2. The van der Waals surface area contributed by atoms with Gasteiger partial charge in [-0.2, -0.15) is 0 Å². The smallest absolute Gasteiger partial charge is 0.257 e. The maximum atomic E-state index is 13.1. The Morgan fingerprint density at radius 1 is 1.21 bits per heavy atom. The molecular weight excluding hydrogens is 354 g/mol. The SMILES string of the molecule is Cc1nc(-c2ccccc2)n(CC(=O)NC2CCC(C)CC2)c(=O)c1CCO. The van der Waals surface area contributed by atoms with Gasteiger partial charge in [0.2, 0.25) is 5.91 Å². The van der Waals surface area contributed by atoms with Gasteiger partial charge < -0.3 is 10.4 Å². The summed E-state index contributed by atoms with van der Waals surface area (Å²) in [4.78, 5) is 30.4. The number of rotatable bonds is 6. The summed E-state index contributed by atoms with van der Waals surface area (Å²) >= 11 is 0. The zero-order chi connectivity index (χ0) is 20.1. The van der Waals surface area contributed by atoms with Crippen molar-refractivity contribution in [3.8, 4) is 11.4 Å². The van der Waals surface area contributed by atoms with Gasteiger partial charge in [-0.1, -0.05) is 37.3 Å². The van der Waals surface area contributed by atoms with Crippen molar-refractivity contribution in [1.82, 2.24) is 14.9 Å². The average molecular weight is 383 g/mol. The van der Waals surface area contributed by atoms with Crippen LogP contribution in [-0.4, -0.2) is 33.2 Å². The summed E-state index contributed by atoms with van der Waals surface area (Å²) in [6.07, 6.45) is 4.43. The lowest BCUT2D eigenvalue weighted by Gasteiger charge is -2.27. The van der Waals surface area contributed by atoms with Crippen LogP contribution in [0.5, 0.6) is 0 Å². The van der Waals surface area contributed by atoms with E-state index in [2.05, 4.69) is 17.2 Å². The van der Waals surface area contributed by atoms with E-state index < -0.39 is 0 Å². The molecule has 3 rings (SSSR count). The van der Waals surface area contributed by atoms with Gasteiger partial charge in [0.15, 0.2) is 0 Å². The number of carbonyl (C=O) groups is 1. The lowest BCUT2D eigenvalue weighted by atomic mass is 9.87. The fourth-order valence-electron chi connectivity index (χ4n) is 3.88. The molecule has 0 radical (unpaired) electrons. The van der Waals surface area contributed by atoms with Gasteiger partial charge in [0.25, 0.3) is 5.56 Å². The molecule has 1 heterocycles. The third-order valence-electron chi connectivity index (χ3n) is 5.55. The molecule has 28 heavy (non-hydrogen) atoms. The first kappa shape index (κ1) is 20.3. The van der Waals surface area contributed by atoms with Gasteiger partial charge in [0.05, 0.1) is 0 Å². The Balaban J connectivity index is 1.90. The van der Waals surface area contributed by atoms with Gasteiger partial charge in [-0.05, 0) is 38.5 Å². The molecule has 1 amide bonds. The molecule has 0 atom stereocenters. The van der Waals surface area contributed by atoms with Crippen LogP contribution in [0.1, 0.15) is 43.9 Å². The fraction of sp³-hybridized carbons (Fsp3) is 0.500. The normalized spacial score (nSPS) is 19.4. The van der Waals surface area contributed by atoms with E-state index >= 15 is 0 Å². The first-order valence-corrected chi connectivity index (χ1v) is 10.1. The lowest BCUT2D eigenvalue weighted by Crippen LogP contribution is -2.41. The van der Waals surface area contributed by atoms with E-state index in [0.717, 1.165) is 31.2 Å². The quantitative estimate of drug-likeness (QED) is 0.802. The Morgan fingerprint density at radius 3 is 2.54 bits per heavy atom. The van der Waals surface area contributed by atoms with E-state index in [4.69, 9.17) is 0 Å². The number of aromatic nitrogens is 2. The number of hydrogen-bond acceptors (Lipinski definition) is 4. The van der Waals surface area contributed by atoms with Crippen LogP contribution in [0.3, 0.4) is 0 Å². The Kier molecular flexibility index (Phi) is 6.62. The Bertz CT molecular complexity index is 869. The number of nitrogens with zero attached hydrogens (tertiary/aromatic N) is 2. The highest BCUT2D eigenvalue weighted by Gasteiger charge is 2.22. The minimum atomic E-state index is -0.257. The number of carbonyl (C=O) groups excluding carboxylic acids is 1. The number of aliphatic hydroxyl groups excluding tert-OH is 1. The first-order chi connectivity index (χ1) is 13.5. The van der Waals surface area contributed by atoms with E-state index in [1.54, 1.807) is 6.92 Å². The molecule has 1 aliphatic carbocycles. The highest BCUT2D eigenvalue weighted by molar-refractivity contribution is 5.77. The number of amides is 1. The van der Waals surface area contributed by atoms with Crippen LogP contribution in [-0.2, 0) is 17.8 Å². The van der Waals surface area contributed by atoms with Crippen molar-refractivity contribution in [3.05, 3.63) is 51.9 Å². The maximum Gasteiger partial charge on any atom is 0.257 e. The van der Waals surface area contributed by atoms with Gasteiger partial charge in [-0.25, -0.2) is 4.98 Å². The first-order valence-electron chi connectivity index (χ1n) is 10.1. The summed E-state index contributed by atoms with van der Waals surface area (Å²) in [6, 6.07) is 9.59. The largest absolute Gasteiger partial charge is 0.396 e. The maximum absolute atomic E-state index is 13.1. The van der Waals surface area contributed by atoms with Crippen molar-refractivity contribution in [3.63, 3.8) is 0 Å². The molecule has 1 aromatic heterocycles. The van der Waals surface area contributed by atoms with Crippen LogP contribution >= 0.6 is 0 Å². The summed E-state index contributed by atoms with van der Waals surface area (Å²) in [5.41, 5.74) is 1.59. The molecule has 150 valence electrons. The molecule has 2 aromatic rings. The molecule has 1 saturated carbocycles. The van der Waals surface area contributed by atoms with E-state index in [1.165, 1.54) is 4.57 Å². The van der Waals surface area contributed by atoms with Crippen LogP contribution in [0, 0.1) is 12.8 Å². The van der Waals surface area contributed by atoms with Crippen molar-refractivity contribution in [2.45, 2.75) is 58.5 Å². The molecule has 2 N–H and O–H groups in total. The molecule has 1 fully saturated rings. The third kappa shape index (κ3) is 4.68. The minimum absolute atomic E-state index is 0.0686. The molecule has 0 unspecified atom stereocenters. The van der Waals surface area contributed by atoms with Crippen LogP contribution < -0.4 is 10.9 Å². The molecule has 0 bridgehead atoms. The van der Waals surface area contributed by atoms with Crippen molar-refractivity contribution >= 4 is 5.91 Å². The highest BCUT2D eigenvalue weighted by Crippen LogP contribution is 2.23. The van der Waals surface area contributed by atoms with Gasteiger partial charge in [-0.3, -0.25) is 14.2 Å². The lowest BCUT2D eigenvalue weighted by molar-refractivity contribution is -0.122. The number of nitrogens with one attached hydrogen (secondary N) is 1. The number of aryl methyl sites for hydroxylation is 1. The Labute approximate surface area is 165 Å². The molecule has 1 aromatic carbocycles. The molecule has 1 aliphatic rings. The molecule has 6 heteroatoms. The average Bonchev–Trinajstić information content (AvgIpc) is 2.69. The summed E-state index contributed by atoms with van der Waals surface area (Å²) in [7, 11) is 0. The van der Waals surface area contributed by atoms with Gasteiger partial charge >= 0.3 is 0 Å². The topological polar surface area (TPSA) is 84.2 Å². The molecule has 0 saturated heterocycles. The summed E-state index contributed by atoms with van der Waals surface area (Å²) < 4.78 is 1.44. The molecule has 0 spiro atoms. The van der Waals surface area contributed by atoms with E-state index in [-0.39, 0.29) is 37.1 Å². The van der Waals surface area contributed by atoms with Crippen LogP contribution in [0.2, 0.25) is 0 Å². The van der Waals surface area contributed by atoms with Crippen molar-refractivity contribution < 1.29 is 9.90 Å². The van der Waals surface area contributed by atoms with Crippen molar-refractivity contribution in [1.29, 1.82) is 0 Å². The number of aliphatic hydroxyl groups is 1. The van der Waals surface area contributed by atoms with Crippen molar-refractivity contribution in [2.75, 3.05) is 6.61 Å². The summed E-state index contributed by atoms with van der Waals surface area (Å²) in [5, 5.41) is 12.4. The fourth-order valence-corrected chi connectivity index (χ4v) is 3.88. The zero-order valence-corrected chi connectivity index (χ0v) is 16.6. The van der Waals surface area contributed by atoms with Crippen LogP contribution in [0.25, 0.3) is 11.4 Å². The number of benzene rings is 1. The van der Waals surface area contributed by atoms with E-state index in [0.29, 0.717) is 23.0 Å².